The Hall–Kier alpha value is -2.72. The zero-order valence-electron chi connectivity index (χ0n) is 22.6. The van der Waals surface area contributed by atoms with Crippen LogP contribution in [0.3, 0.4) is 0 Å². The van der Waals surface area contributed by atoms with Crippen LogP contribution in [0.4, 0.5) is 15.9 Å². The van der Waals surface area contributed by atoms with Crippen molar-refractivity contribution in [1.29, 1.82) is 5.26 Å². The number of nitrogens with one attached hydrogen (secondary N) is 1. The fraction of sp³-hybridized carbons (Fsp3) is 0.633. The first-order chi connectivity index (χ1) is 17.9. The first kappa shape index (κ1) is 25.9. The molecular formula is C30H41FN6. The number of nitrogens with zero attached hydrogens (tertiary/aromatic N) is 4. The molecule has 1 aliphatic carbocycles. The van der Waals surface area contributed by atoms with Crippen LogP contribution in [0.2, 0.25) is 0 Å². The van der Waals surface area contributed by atoms with Crippen molar-refractivity contribution < 1.29 is 4.39 Å². The largest absolute Gasteiger partial charge is 0.398 e. The van der Waals surface area contributed by atoms with Crippen LogP contribution in [0.15, 0.2) is 12.1 Å². The average Bonchev–Trinajstić information content (AvgIpc) is 3.42. The number of nitrogens with two attached hydrogens (primary N) is 1. The lowest BCUT2D eigenvalue weighted by Crippen LogP contribution is -2.38. The molecule has 2 saturated heterocycles. The van der Waals surface area contributed by atoms with Gasteiger partial charge in [0.1, 0.15) is 23.9 Å². The van der Waals surface area contributed by atoms with Crippen LogP contribution in [0.1, 0.15) is 104 Å². The van der Waals surface area contributed by atoms with Crippen LogP contribution < -0.4 is 11.1 Å². The number of aryl methyl sites for hydroxylation is 1. The predicted octanol–water partition coefficient (Wildman–Crippen LogP) is 5.66. The van der Waals surface area contributed by atoms with Gasteiger partial charge in [-0.1, -0.05) is 19.9 Å². The van der Waals surface area contributed by atoms with E-state index in [0.29, 0.717) is 30.1 Å². The molecule has 5 rings (SSSR count). The lowest BCUT2D eigenvalue weighted by Gasteiger charge is -2.33. The highest BCUT2D eigenvalue weighted by Gasteiger charge is 2.48. The van der Waals surface area contributed by atoms with Gasteiger partial charge in [-0.05, 0) is 93.4 Å². The molecule has 3 aliphatic rings. The summed E-state index contributed by atoms with van der Waals surface area (Å²) in [5, 5.41) is 13.3. The van der Waals surface area contributed by atoms with Gasteiger partial charge in [-0.25, -0.2) is 14.4 Å². The number of halogens is 1. The zero-order valence-corrected chi connectivity index (χ0v) is 22.6. The number of fused-ring (bicyclic) bond motifs is 2. The molecule has 3 N–H and O–H groups in total. The quantitative estimate of drug-likeness (QED) is 0.451. The number of nitriles is 1. The molecule has 4 atom stereocenters. The van der Waals surface area contributed by atoms with Crippen molar-refractivity contribution in [2.24, 2.45) is 0 Å². The summed E-state index contributed by atoms with van der Waals surface area (Å²) in [5.41, 5.74) is 12.1. The van der Waals surface area contributed by atoms with Gasteiger partial charge in [-0.3, -0.25) is 4.90 Å². The standard InChI is InChI=1S/C30H41FN6/c1-4-19-7-8-20(28-23(19)9-10-25(33)24(28)17-32)15-26-22(5-2)29(34-3)36-27(35-26)11-13-30-12-6-14-37(30)18-21(31)16-30/h9-10,19-21H,4-8,11-16,18,33H2,1-3H3,(H,34,35,36)/t19-,20?,21?,30+/m0/s1. The van der Waals surface area contributed by atoms with E-state index in [2.05, 4.69) is 36.2 Å². The van der Waals surface area contributed by atoms with Gasteiger partial charge in [0.05, 0.1) is 5.56 Å². The Bertz CT molecular complexity index is 1190. The van der Waals surface area contributed by atoms with Gasteiger partial charge in [-0.2, -0.15) is 5.26 Å². The molecule has 1 aromatic carbocycles. The fourth-order valence-electron chi connectivity index (χ4n) is 7.53. The summed E-state index contributed by atoms with van der Waals surface area (Å²) in [6.07, 6.45) is 8.63. The molecule has 2 fully saturated rings. The molecule has 2 aliphatic heterocycles. The van der Waals surface area contributed by atoms with Crippen molar-refractivity contribution in [2.45, 2.75) is 102 Å². The maximum Gasteiger partial charge on any atom is 0.132 e. The fourth-order valence-corrected chi connectivity index (χ4v) is 7.53. The number of nitrogen functional groups attached to an aromatic ring is 1. The molecule has 6 nitrogen and oxygen atoms in total. The van der Waals surface area contributed by atoms with E-state index < -0.39 is 6.17 Å². The average molecular weight is 505 g/mol. The van der Waals surface area contributed by atoms with Crippen molar-refractivity contribution in [2.75, 3.05) is 31.2 Å². The van der Waals surface area contributed by atoms with Crippen LogP contribution in [0.25, 0.3) is 0 Å². The molecule has 3 heterocycles. The van der Waals surface area contributed by atoms with Crippen molar-refractivity contribution in [3.63, 3.8) is 0 Å². The van der Waals surface area contributed by atoms with E-state index in [9.17, 15) is 9.65 Å². The Morgan fingerprint density at radius 1 is 1.24 bits per heavy atom. The third-order valence-corrected chi connectivity index (χ3v) is 9.37. The second-order valence-electron chi connectivity index (χ2n) is 11.3. The van der Waals surface area contributed by atoms with Gasteiger partial charge in [0.15, 0.2) is 0 Å². The van der Waals surface area contributed by atoms with Gasteiger partial charge < -0.3 is 11.1 Å². The lowest BCUT2D eigenvalue weighted by molar-refractivity contribution is 0.181. The number of alkyl halides is 1. The maximum absolute atomic E-state index is 14.3. The van der Waals surface area contributed by atoms with Crippen molar-refractivity contribution in [1.82, 2.24) is 14.9 Å². The van der Waals surface area contributed by atoms with E-state index in [4.69, 9.17) is 15.7 Å². The van der Waals surface area contributed by atoms with Gasteiger partial charge in [-0.15, -0.1) is 0 Å². The van der Waals surface area contributed by atoms with E-state index in [-0.39, 0.29) is 11.5 Å². The number of benzene rings is 1. The van der Waals surface area contributed by atoms with Gasteiger partial charge in [0.2, 0.25) is 0 Å². The monoisotopic (exact) mass is 504 g/mol. The number of anilines is 2. The first-order valence-corrected chi connectivity index (χ1v) is 14.2. The van der Waals surface area contributed by atoms with E-state index in [0.717, 1.165) is 92.8 Å². The molecule has 7 heteroatoms. The van der Waals surface area contributed by atoms with E-state index >= 15 is 0 Å². The molecule has 0 saturated carbocycles. The number of hydrogen-bond acceptors (Lipinski definition) is 6. The van der Waals surface area contributed by atoms with Crippen LogP contribution in [-0.2, 0) is 19.3 Å². The summed E-state index contributed by atoms with van der Waals surface area (Å²) in [7, 11) is 1.92. The maximum atomic E-state index is 14.3. The van der Waals surface area contributed by atoms with Crippen molar-refractivity contribution >= 4 is 11.5 Å². The number of rotatable bonds is 8. The smallest absolute Gasteiger partial charge is 0.132 e. The van der Waals surface area contributed by atoms with Gasteiger partial charge in [0, 0.05) is 42.5 Å². The molecule has 0 spiro atoms. The number of hydrogen-bond donors (Lipinski definition) is 2. The SMILES string of the molecule is CCc1c(CC2CC[C@H](CC)c3ccc(N)c(C#N)c32)nc(CC[C@@]23CCCN2CC(F)C3)nc1NC. The second kappa shape index (κ2) is 10.6. The minimum absolute atomic E-state index is 0.0249. The lowest BCUT2D eigenvalue weighted by atomic mass is 9.72. The summed E-state index contributed by atoms with van der Waals surface area (Å²) >= 11 is 0. The zero-order chi connectivity index (χ0) is 26.2. The highest BCUT2D eigenvalue weighted by molar-refractivity contribution is 5.63. The third kappa shape index (κ3) is 4.69. The van der Waals surface area contributed by atoms with E-state index in [1.165, 1.54) is 5.56 Å². The first-order valence-electron chi connectivity index (χ1n) is 14.2. The molecule has 37 heavy (non-hydrogen) atoms. The minimum Gasteiger partial charge on any atom is -0.398 e. The number of aromatic nitrogens is 2. The van der Waals surface area contributed by atoms with Crippen molar-refractivity contribution in [3.8, 4) is 6.07 Å². The van der Waals surface area contributed by atoms with Crippen LogP contribution in [0, 0.1) is 11.3 Å². The molecule has 2 unspecified atom stereocenters. The van der Waals surface area contributed by atoms with Crippen LogP contribution in [0.5, 0.6) is 0 Å². The Morgan fingerprint density at radius 3 is 2.78 bits per heavy atom. The summed E-state index contributed by atoms with van der Waals surface area (Å²) in [6.45, 7) is 5.96. The molecule has 0 amide bonds. The third-order valence-electron chi connectivity index (χ3n) is 9.37. The van der Waals surface area contributed by atoms with E-state index in [1.807, 2.05) is 13.1 Å². The minimum atomic E-state index is -0.716. The Kier molecular flexibility index (Phi) is 7.40. The van der Waals surface area contributed by atoms with Gasteiger partial charge in [0.25, 0.3) is 0 Å². The van der Waals surface area contributed by atoms with Gasteiger partial charge >= 0.3 is 0 Å². The molecule has 1 aromatic heterocycles. The molecule has 2 aromatic rings. The molecule has 198 valence electrons. The Labute approximate surface area is 220 Å². The van der Waals surface area contributed by atoms with Crippen LogP contribution >= 0.6 is 0 Å². The predicted molar refractivity (Wildman–Crippen MR) is 147 cm³/mol. The van der Waals surface area contributed by atoms with Crippen molar-refractivity contribution in [3.05, 3.63) is 45.9 Å². The van der Waals surface area contributed by atoms with E-state index in [1.54, 1.807) is 0 Å². The highest BCUT2D eigenvalue weighted by atomic mass is 19.1. The topological polar surface area (TPSA) is 90.9 Å². The molecule has 0 radical (unpaired) electrons. The van der Waals surface area contributed by atoms with Crippen LogP contribution in [-0.4, -0.2) is 46.7 Å². The normalized spacial score (nSPS) is 27.1. The Balaban J connectivity index is 1.47. The Morgan fingerprint density at radius 2 is 2.05 bits per heavy atom. The second-order valence-corrected chi connectivity index (χ2v) is 11.3. The summed E-state index contributed by atoms with van der Waals surface area (Å²) in [6, 6.07) is 6.46. The molecule has 0 bridgehead atoms. The summed E-state index contributed by atoms with van der Waals surface area (Å²) in [5.74, 6) is 2.42. The molecular weight excluding hydrogens is 463 g/mol. The summed E-state index contributed by atoms with van der Waals surface area (Å²) in [4.78, 5) is 12.4. The highest BCUT2D eigenvalue weighted by Crippen LogP contribution is 2.45. The summed E-state index contributed by atoms with van der Waals surface area (Å²) < 4.78 is 14.3.